The summed E-state index contributed by atoms with van der Waals surface area (Å²) < 4.78 is 11.6. The molecule has 1 N–H and O–H groups in total. The van der Waals surface area contributed by atoms with E-state index in [-0.39, 0.29) is 5.54 Å². The van der Waals surface area contributed by atoms with E-state index >= 15 is 0 Å². The van der Waals surface area contributed by atoms with Gasteiger partial charge in [-0.05, 0) is 67.8 Å². The molecule has 0 aromatic heterocycles. The van der Waals surface area contributed by atoms with Crippen LogP contribution < -0.4 is 14.8 Å². The Morgan fingerprint density at radius 1 is 1.11 bits per heavy atom. The zero-order valence-corrected chi connectivity index (χ0v) is 18.0. The predicted octanol–water partition coefficient (Wildman–Crippen LogP) is 5.98. The Balaban J connectivity index is 1.57. The van der Waals surface area contributed by atoms with Crippen LogP contribution in [0.4, 0.5) is 0 Å². The molecular weight excluding hydrogens is 358 g/mol. The van der Waals surface area contributed by atoms with Crippen molar-refractivity contribution in [3.05, 3.63) is 22.7 Å². The highest BCUT2D eigenvalue weighted by molar-refractivity contribution is 6.30. The van der Waals surface area contributed by atoms with Crippen molar-refractivity contribution >= 4 is 11.6 Å². The van der Waals surface area contributed by atoms with Crippen molar-refractivity contribution in [1.82, 2.24) is 5.32 Å². The molecule has 4 atom stereocenters. The number of halogens is 1. The van der Waals surface area contributed by atoms with Gasteiger partial charge in [0, 0.05) is 28.7 Å². The van der Waals surface area contributed by atoms with Crippen molar-refractivity contribution in [3.8, 4) is 11.5 Å². The fourth-order valence-electron chi connectivity index (χ4n) is 7.20. The van der Waals surface area contributed by atoms with E-state index in [0.29, 0.717) is 22.5 Å². The Bertz CT molecular complexity index is 701. The third-order valence-corrected chi connectivity index (χ3v) is 7.27. The molecular formula is C23H34ClNO2. The molecule has 0 aliphatic heterocycles. The van der Waals surface area contributed by atoms with Gasteiger partial charge in [-0.15, -0.1) is 0 Å². The van der Waals surface area contributed by atoms with E-state index < -0.39 is 0 Å². The topological polar surface area (TPSA) is 30.5 Å². The summed E-state index contributed by atoms with van der Waals surface area (Å²) in [5.74, 6) is 2.46. The first-order valence-corrected chi connectivity index (χ1v) is 10.9. The number of nitrogens with one attached hydrogen (secondary N) is 1. The van der Waals surface area contributed by atoms with Gasteiger partial charge in [0.2, 0.25) is 0 Å². The van der Waals surface area contributed by atoms with Crippen LogP contribution in [0.5, 0.6) is 11.5 Å². The van der Waals surface area contributed by atoms with Gasteiger partial charge in [0.1, 0.15) is 0 Å². The van der Waals surface area contributed by atoms with E-state index in [2.05, 4.69) is 26.1 Å². The van der Waals surface area contributed by atoms with Crippen LogP contribution in [0.15, 0.2) is 12.1 Å². The van der Waals surface area contributed by atoms with Gasteiger partial charge in [-0.2, -0.15) is 0 Å². The van der Waals surface area contributed by atoms with E-state index in [1.54, 1.807) is 7.11 Å². The monoisotopic (exact) mass is 391 g/mol. The van der Waals surface area contributed by atoms with E-state index in [0.717, 1.165) is 35.9 Å². The standard InChI is InChI=1S/C23H34ClNO2/c1-5-6-27-20-17(7-18(24)8-19(20)26-4)12-25-23-11-16-9-21(2,14-23)13-22(3,10-16)15-23/h7-8,16,25H,5-6,9-15H2,1-4H3/t16?,21-,22+,23?. The molecule has 1 aromatic rings. The molecule has 150 valence electrons. The molecule has 1 aromatic carbocycles. The van der Waals surface area contributed by atoms with Crippen molar-refractivity contribution in [2.24, 2.45) is 16.7 Å². The second kappa shape index (κ2) is 6.84. The second-order valence-electron chi connectivity index (χ2n) is 10.2. The van der Waals surface area contributed by atoms with Crippen LogP contribution in [0.2, 0.25) is 5.02 Å². The number of benzene rings is 1. The number of hydrogen-bond donors (Lipinski definition) is 1. The first-order chi connectivity index (χ1) is 12.8. The Morgan fingerprint density at radius 2 is 1.81 bits per heavy atom. The quantitative estimate of drug-likeness (QED) is 0.620. The summed E-state index contributed by atoms with van der Waals surface area (Å²) in [7, 11) is 1.68. The molecule has 0 radical (unpaired) electrons. The van der Waals surface area contributed by atoms with Crippen molar-refractivity contribution in [2.45, 2.75) is 77.8 Å². The van der Waals surface area contributed by atoms with E-state index in [9.17, 15) is 0 Å². The minimum atomic E-state index is 0.264. The zero-order valence-electron chi connectivity index (χ0n) is 17.3. The van der Waals surface area contributed by atoms with Gasteiger partial charge in [-0.1, -0.05) is 32.4 Å². The van der Waals surface area contributed by atoms with Crippen LogP contribution in [0.3, 0.4) is 0 Å². The molecule has 27 heavy (non-hydrogen) atoms. The maximum atomic E-state index is 6.37. The van der Waals surface area contributed by atoms with Gasteiger partial charge in [0.15, 0.2) is 11.5 Å². The maximum Gasteiger partial charge on any atom is 0.165 e. The molecule has 4 fully saturated rings. The summed E-state index contributed by atoms with van der Waals surface area (Å²) in [5, 5.41) is 4.70. The highest BCUT2D eigenvalue weighted by Crippen LogP contribution is 2.66. The largest absolute Gasteiger partial charge is 0.493 e. The van der Waals surface area contributed by atoms with E-state index in [4.69, 9.17) is 21.1 Å². The Labute approximate surface area is 169 Å². The van der Waals surface area contributed by atoms with Gasteiger partial charge < -0.3 is 14.8 Å². The molecule has 4 heteroatoms. The number of hydrogen-bond acceptors (Lipinski definition) is 3. The zero-order chi connectivity index (χ0) is 19.3. The maximum absolute atomic E-state index is 6.37. The Morgan fingerprint density at radius 3 is 2.41 bits per heavy atom. The summed E-state index contributed by atoms with van der Waals surface area (Å²) in [4.78, 5) is 0. The van der Waals surface area contributed by atoms with Crippen molar-refractivity contribution in [2.75, 3.05) is 13.7 Å². The average molecular weight is 392 g/mol. The summed E-state index contributed by atoms with van der Waals surface area (Å²) in [5.41, 5.74) is 2.39. The molecule has 4 aliphatic rings. The lowest BCUT2D eigenvalue weighted by Crippen LogP contribution is -2.63. The molecule has 4 aliphatic carbocycles. The van der Waals surface area contributed by atoms with Crippen LogP contribution in [-0.4, -0.2) is 19.3 Å². The first-order valence-electron chi connectivity index (χ1n) is 10.5. The fourth-order valence-corrected chi connectivity index (χ4v) is 7.43. The molecule has 0 amide bonds. The highest BCUT2D eigenvalue weighted by atomic mass is 35.5. The normalized spacial score (nSPS) is 36.9. The summed E-state index contributed by atoms with van der Waals surface area (Å²) >= 11 is 6.37. The fraction of sp³-hybridized carbons (Fsp3) is 0.739. The summed E-state index contributed by atoms with van der Waals surface area (Å²) in [6.07, 6.45) is 9.13. The van der Waals surface area contributed by atoms with Gasteiger partial charge in [-0.3, -0.25) is 0 Å². The van der Waals surface area contributed by atoms with Crippen molar-refractivity contribution in [3.63, 3.8) is 0 Å². The van der Waals surface area contributed by atoms with Gasteiger partial charge >= 0.3 is 0 Å². The molecule has 0 saturated heterocycles. The van der Waals surface area contributed by atoms with Crippen molar-refractivity contribution < 1.29 is 9.47 Å². The van der Waals surface area contributed by atoms with Gasteiger partial charge in [0.25, 0.3) is 0 Å². The molecule has 0 spiro atoms. The molecule has 2 unspecified atom stereocenters. The molecule has 5 rings (SSSR count). The number of ether oxygens (including phenoxy) is 2. The van der Waals surface area contributed by atoms with Crippen LogP contribution >= 0.6 is 11.6 Å². The molecule has 0 heterocycles. The van der Waals surface area contributed by atoms with E-state index in [1.165, 1.54) is 38.5 Å². The second-order valence-corrected chi connectivity index (χ2v) is 10.6. The first kappa shape index (κ1) is 19.4. The Hall–Kier alpha value is -0.930. The van der Waals surface area contributed by atoms with Crippen LogP contribution in [0.25, 0.3) is 0 Å². The smallest absolute Gasteiger partial charge is 0.165 e. The summed E-state index contributed by atoms with van der Waals surface area (Å²) in [6, 6.07) is 3.88. The van der Waals surface area contributed by atoms with Gasteiger partial charge in [-0.25, -0.2) is 0 Å². The summed E-state index contributed by atoms with van der Waals surface area (Å²) in [6.45, 7) is 8.63. The molecule has 4 saturated carbocycles. The SMILES string of the molecule is CCCOc1c(CNC23CC4C[C@@](C)(C2)C[C@](C)(C4)C3)cc(Cl)cc1OC. The molecule has 4 bridgehead atoms. The van der Waals surface area contributed by atoms with Crippen molar-refractivity contribution in [1.29, 1.82) is 0 Å². The molecule has 3 nitrogen and oxygen atoms in total. The van der Waals surface area contributed by atoms with E-state index in [1.807, 2.05) is 12.1 Å². The lowest BCUT2D eigenvalue weighted by Gasteiger charge is -2.65. The lowest BCUT2D eigenvalue weighted by molar-refractivity contribution is -0.118. The average Bonchev–Trinajstić information content (AvgIpc) is 2.55. The van der Waals surface area contributed by atoms with Crippen LogP contribution in [0, 0.1) is 16.7 Å². The lowest BCUT2D eigenvalue weighted by atomic mass is 9.43. The minimum absolute atomic E-state index is 0.264. The number of methoxy groups -OCH3 is 1. The Kier molecular flexibility index (Phi) is 4.91. The highest BCUT2D eigenvalue weighted by Gasteiger charge is 2.59. The minimum Gasteiger partial charge on any atom is -0.493 e. The third-order valence-electron chi connectivity index (χ3n) is 7.05. The third kappa shape index (κ3) is 3.70. The van der Waals surface area contributed by atoms with Crippen LogP contribution in [0.1, 0.15) is 71.3 Å². The predicted molar refractivity (Wildman–Crippen MR) is 111 cm³/mol. The number of rotatable bonds is 7. The van der Waals surface area contributed by atoms with Gasteiger partial charge in [0.05, 0.1) is 13.7 Å². The van der Waals surface area contributed by atoms with Crippen LogP contribution in [-0.2, 0) is 6.54 Å².